The van der Waals surface area contributed by atoms with E-state index in [0.29, 0.717) is 11.4 Å². The minimum Gasteiger partial charge on any atom is -0.351 e. The Morgan fingerprint density at radius 2 is 1.86 bits per heavy atom. The first-order valence-electron chi connectivity index (χ1n) is 7.24. The van der Waals surface area contributed by atoms with E-state index in [-0.39, 0.29) is 11.3 Å². The van der Waals surface area contributed by atoms with E-state index in [1.165, 1.54) is 0 Å². The molecule has 0 unspecified atom stereocenters. The summed E-state index contributed by atoms with van der Waals surface area (Å²) in [5, 5.41) is 8.74. The first kappa shape index (κ1) is 15.3. The zero-order valence-corrected chi connectivity index (χ0v) is 12.2. The molecule has 0 aromatic heterocycles. The fraction of sp³-hybridized carbons (Fsp3) is 0.467. The average molecular weight is 290 g/mol. The van der Waals surface area contributed by atoms with Crippen LogP contribution in [0.2, 0.25) is 0 Å². The van der Waals surface area contributed by atoms with Gasteiger partial charge in [0.1, 0.15) is 0 Å². The smallest absolute Gasteiger partial charge is 0.316 e. The van der Waals surface area contributed by atoms with Crippen LogP contribution in [0, 0.1) is 5.41 Å². The van der Waals surface area contributed by atoms with Crippen molar-refractivity contribution in [2.45, 2.75) is 26.2 Å². The van der Waals surface area contributed by atoms with E-state index in [1.807, 2.05) is 0 Å². The van der Waals surface area contributed by atoms with Crippen LogP contribution in [0.3, 0.4) is 0 Å². The van der Waals surface area contributed by atoms with Crippen molar-refractivity contribution in [1.82, 2.24) is 5.32 Å². The second-order valence-electron chi connectivity index (χ2n) is 5.41. The predicted octanol–water partition coefficient (Wildman–Crippen LogP) is 1.90. The van der Waals surface area contributed by atoms with Gasteiger partial charge in [-0.25, -0.2) is 4.79 Å². The SMILES string of the molecule is CCC1(C(=O)Nc2cccc(NC(N)=O)c2)CCNCC1. The molecule has 1 aromatic carbocycles. The Bertz CT molecular complexity index is 524. The average Bonchev–Trinajstić information content (AvgIpc) is 2.47. The van der Waals surface area contributed by atoms with Crippen molar-refractivity contribution in [3.63, 3.8) is 0 Å². The highest BCUT2D eigenvalue weighted by Crippen LogP contribution is 2.34. The first-order valence-corrected chi connectivity index (χ1v) is 7.24. The zero-order chi connectivity index (χ0) is 15.3. The maximum absolute atomic E-state index is 12.6. The molecule has 0 bridgehead atoms. The van der Waals surface area contributed by atoms with Gasteiger partial charge in [0, 0.05) is 11.4 Å². The van der Waals surface area contributed by atoms with Crippen molar-refractivity contribution in [2.24, 2.45) is 11.1 Å². The van der Waals surface area contributed by atoms with E-state index in [9.17, 15) is 9.59 Å². The molecule has 3 amide bonds. The van der Waals surface area contributed by atoms with Crippen LogP contribution in [0.25, 0.3) is 0 Å². The van der Waals surface area contributed by atoms with Crippen LogP contribution in [0.4, 0.5) is 16.2 Å². The lowest BCUT2D eigenvalue weighted by atomic mass is 9.76. The van der Waals surface area contributed by atoms with Crippen LogP contribution in [0.1, 0.15) is 26.2 Å². The van der Waals surface area contributed by atoms with Crippen LogP contribution in [-0.4, -0.2) is 25.0 Å². The lowest BCUT2D eigenvalue weighted by molar-refractivity contribution is -0.127. The molecule has 21 heavy (non-hydrogen) atoms. The summed E-state index contributed by atoms with van der Waals surface area (Å²) < 4.78 is 0. The summed E-state index contributed by atoms with van der Waals surface area (Å²) in [7, 11) is 0. The van der Waals surface area contributed by atoms with Crippen molar-refractivity contribution in [3.8, 4) is 0 Å². The summed E-state index contributed by atoms with van der Waals surface area (Å²) >= 11 is 0. The molecule has 0 radical (unpaired) electrons. The molecule has 6 nitrogen and oxygen atoms in total. The van der Waals surface area contributed by atoms with Crippen LogP contribution < -0.4 is 21.7 Å². The molecule has 1 aliphatic rings. The summed E-state index contributed by atoms with van der Waals surface area (Å²) in [5.74, 6) is 0.0442. The Hall–Kier alpha value is -2.08. The topological polar surface area (TPSA) is 96.2 Å². The molecule has 0 aliphatic carbocycles. The maximum Gasteiger partial charge on any atom is 0.316 e. The number of rotatable bonds is 4. The Labute approximate surface area is 124 Å². The Balaban J connectivity index is 2.09. The summed E-state index contributed by atoms with van der Waals surface area (Å²) in [6.07, 6.45) is 2.50. The van der Waals surface area contributed by atoms with Crippen molar-refractivity contribution in [2.75, 3.05) is 23.7 Å². The number of nitrogens with two attached hydrogens (primary N) is 1. The molecule has 5 N–H and O–H groups in total. The number of urea groups is 1. The Morgan fingerprint density at radius 1 is 1.24 bits per heavy atom. The molecule has 0 atom stereocenters. The first-order chi connectivity index (χ1) is 10.1. The molecule has 1 saturated heterocycles. The number of hydrogen-bond donors (Lipinski definition) is 4. The van der Waals surface area contributed by atoms with Crippen molar-refractivity contribution >= 4 is 23.3 Å². The van der Waals surface area contributed by atoms with Crippen LogP contribution >= 0.6 is 0 Å². The van der Waals surface area contributed by atoms with E-state index in [0.717, 1.165) is 32.4 Å². The van der Waals surface area contributed by atoms with Crippen molar-refractivity contribution in [1.29, 1.82) is 0 Å². The zero-order valence-electron chi connectivity index (χ0n) is 12.2. The lowest BCUT2D eigenvalue weighted by Gasteiger charge is -2.35. The van der Waals surface area contributed by atoms with Gasteiger partial charge in [0.25, 0.3) is 0 Å². The molecule has 1 fully saturated rings. The quantitative estimate of drug-likeness (QED) is 0.682. The van der Waals surface area contributed by atoms with Gasteiger partial charge in [-0.05, 0) is 50.6 Å². The molecule has 114 valence electrons. The normalized spacial score (nSPS) is 17.0. The summed E-state index contributed by atoms with van der Waals surface area (Å²) in [5.41, 5.74) is 6.01. The predicted molar refractivity (Wildman–Crippen MR) is 83.1 cm³/mol. The monoisotopic (exact) mass is 290 g/mol. The highest BCUT2D eigenvalue weighted by molar-refractivity contribution is 5.96. The number of carbonyl (C=O) groups is 2. The molecule has 1 aromatic rings. The van der Waals surface area contributed by atoms with Gasteiger partial charge < -0.3 is 21.7 Å². The van der Waals surface area contributed by atoms with Gasteiger partial charge in [0.15, 0.2) is 0 Å². The number of anilines is 2. The molecule has 1 heterocycles. The summed E-state index contributed by atoms with van der Waals surface area (Å²) in [6.45, 7) is 3.78. The van der Waals surface area contributed by atoms with E-state index >= 15 is 0 Å². The third-order valence-corrected chi connectivity index (χ3v) is 4.11. The minimum absolute atomic E-state index is 0.0442. The Kier molecular flexibility index (Phi) is 4.80. The third-order valence-electron chi connectivity index (χ3n) is 4.11. The van der Waals surface area contributed by atoms with E-state index < -0.39 is 6.03 Å². The van der Waals surface area contributed by atoms with E-state index in [2.05, 4.69) is 22.9 Å². The number of hydrogen-bond acceptors (Lipinski definition) is 3. The highest BCUT2D eigenvalue weighted by Gasteiger charge is 2.37. The second kappa shape index (κ2) is 6.58. The Morgan fingerprint density at radius 3 is 2.43 bits per heavy atom. The van der Waals surface area contributed by atoms with Gasteiger partial charge in [-0.2, -0.15) is 0 Å². The molecular formula is C15H22N4O2. The number of nitrogens with one attached hydrogen (secondary N) is 3. The number of piperidine rings is 1. The molecular weight excluding hydrogens is 268 g/mol. The van der Waals surface area contributed by atoms with Crippen LogP contribution in [-0.2, 0) is 4.79 Å². The molecule has 1 aliphatic heterocycles. The van der Waals surface area contributed by atoms with Crippen LogP contribution in [0.5, 0.6) is 0 Å². The van der Waals surface area contributed by atoms with E-state index in [1.54, 1.807) is 24.3 Å². The van der Waals surface area contributed by atoms with Gasteiger partial charge in [0.2, 0.25) is 5.91 Å². The standard InChI is InChI=1S/C15H22N4O2/c1-2-15(6-8-17-9-7-15)13(20)18-11-4-3-5-12(10-11)19-14(16)21/h3-5,10,17H,2,6-9H2,1H3,(H,18,20)(H3,16,19,21). The van der Waals surface area contributed by atoms with Gasteiger partial charge >= 0.3 is 6.03 Å². The minimum atomic E-state index is -0.623. The summed E-state index contributed by atoms with van der Waals surface area (Å²) in [6, 6.07) is 6.37. The fourth-order valence-corrected chi connectivity index (χ4v) is 2.73. The van der Waals surface area contributed by atoms with Gasteiger partial charge in [-0.3, -0.25) is 4.79 Å². The third kappa shape index (κ3) is 3.72. The summed E-state index contributed by atoms with van der Waals surface area (Å²) in [4.78, 5) is 23.5. The number of primary amides is 1. The fourth-order valence-electron chi connectivity index (χ4n) is 2.73. The largest absolute Gasteiger partial charge is 0.351 e. The highest BCUT2D eigenvalue weighted by atomic mass is 16.2. The number of carbonyl (C=O) groups excluding carboxylic acids is 2. The molecule has 6 heteroatoms. The number of benzene rings is 1. The molecule has 0 saturated carbocycles. The van der Waals surface area contributed by atoms with Crippen LogP contribution in [0.15, 0.2) is 24.3 Å². The van der Waals surface area contributed by atoms with E-state index in [4.69, 9.17) is 5.73 Å². The number of amides is 3. The van der Waals surface area contributed by atoms with Crippen molar-refractivity contribution in [3.05, 3.63) is 24.3 Å². The van der Waals surface area contributed by atoms with Crippen molar-refractivity contribution < 1.29 is 9.59 Å². The molecule has 0 spiro atoms. The maximum atomic E-state index is 12.6. The second-order valence-corrected chi connectivity index (χ2v) is 5.41. The van der Waals surface area contributed by atoms with Gasteiger partial charge in [-0.15, -0.1) is 0 Å². The van der Waals surface area contributed by atoms with Gasteiger partial charge in [-0.1, -0.05) is 13.0 Å². The lowest BCUT2D eigenvalue weighted by Crippen LogP contribution is -2.44. The van der Waals surface area contributed by atoms with Gasteiger partial charge in [0.05, 0.1) is 5.41 Å². The molecule has 2 rings (SSSR count).